The number of nitrogens with zero attached hydrogens (tertiary/aromatic N) is 1. The molecule has 1 unspecified atom stereocenters. The first-order valence-electron chi connectivity index (χ1n) is 7.63. The van der Waals surface area contributed by atoms with Crippen molar-refractivity contribution in [3.63, 3.8) is 0 Å². The number of amides is 1. The maximum absolute atomic E-state index is 11.7. The number of aryl methyl sites for hydroxylation is 2. The predicted molar refractivity (Wildman–Crippen MR) is 77.5 cm³/mol. The van der Waals surface area contributed by atoms with Gasteiger partial charge in [0.05, 0.1) is 12.3 Å². The highest BCUT2D eigenvalue weighted by molar-refractivity contribution is 5.75. The van der Waals surface area contributed by atoms with Gasteiger partial charge in [-0.3, -0.25) is 9.89 Å². The van der Waals surface area contributed by atoms with Gasteiger partial charge >= 0.3 is 0 Å². The second kappa shape index (κ2) is 8.04. The molecular formula is C15H25N3O2. The van der Waals surface area contributed by atoms with Crippen LogP contribution < -0.4 is 5.32 Å². The lowest BCUT2D eigenvalue weighted by Gasteiger charge is -2.22. The molecule has 2 rings (SSSR count). The summed E-state index contributed by atoms with van der Waals surface area (Å²) in [4.78, 5) is 11.7. The van der Waals surface area contributed by atoms with Crippen LogP contribution in [0.5, 0.6) is 0 Å². The van der Waals surface area contributed by atoms with E-state index in [1.807, 2.05) is 13.1 Å². The highest BCUT2D eigenvalue weighted by Crippen LogP contribution is 2.16. The second-order valence-corrected chi connectivity index (χ2v) is 5.50. The van der Waals surface area contributed by atoms with Crippen LogP contribution in [0, 0.1) is 6.92 Å². The number of hydrogen-bond donors (Lipinski definition) is 2. The van der Waals surface area contributed by atoms with Gasteiger partial charge in [0.1, 0.15) is 0 Å². The highest BCUT2D eigenvalue weighted by atomic mass is 16.5. The van der Waals surface area contributed by atoms with Crippen molar-refractivity contribution in [1.82, 2.24) is 15.5 Å². The van der Waals surface area contributed by atoms with Gasteiger partial charge in [-0.1, -0.05) is 0 Å². The van der Waals surface area contributed by atoms with Gasteiger partial charge in [-0.15, -0.1) is 0 Å². The van der Waals surface area contributed by atoms with E-state index in [1.165, 1.54) is 12.0 Å². The maximum atomic E-state index is 11.7. The largest absolute Gasteiger partial charge is 0.378 e. The molecule has 1 aromatic heterocycles. The molecule has 112 valence electrons. The third-order valence-corrected chi connectivity index (χ3v) is 3.85. The van der Waals surface area contributed by atoms with Gasteiger partial charge < -0.3 is 10.1 Å². The summed E-state index contributed by atoms with van der Waals surface area (Å²) >= 11 is 0. The summed E-state index contributed by atoms with van der Waals surface area (Å²) in [6.07, 6.45) is 8.99. The molecule has 1 atom stereocenters. The summed E-state index contributed by atoms with van der Waals surface area (Å²) in [5.74, 6) is 0.142. The summed E-state index contributed by atoms with van der Waals surface area (Å²) < 4.78 is 5.63. The molecule has 1 amide bonds. The highest BCUT2D eigenvalue weighted by Gasteiger charge is 2.14. The normalized spacial score (nSPS) is 18.9. The van der Waals surface area contributed by atoms with Crippen molar-refractivity contribution in [2.75, 3.05) is 13.2 Å². The van der Waals surface area contributed by atoms with Crippen molar-refractivity contribution in [3.8, 4) is 0 Å². The van der Waals surface area contributed by atoms with Crippen LogP contribution in [-0.4, -0.2) is 35.4 Å². The average molecular weight is 279 g/mol. The number of rotatable bonds is 7. The summed E-state index contributed by atoms with van der Waals surface area (Å²) in [5.41, 5.74) is 2.35. The van der Waals surface area contributed by atoms with Crippen LogP contribution in [0.4, 0.5) is 0 Å². The van der Waals surface area contributed by atoms with Crippen LogP contribution in [0.2, 0.25) is 0 Å². The molecule has 0 aliphatic carbocycles. The van der Waals surface area contributed by atoms with E-state index in [9.17, 15) is 4.79 Å². The van der Waals surface area contributed by atoms with Gasteiger partial charge in [-0.2, -0.15) is 5.10 Å². The molecule has 0 radical (unpaired) electrons. The fraction of sp³-hybridized carbons (Fsp3) is 0.733. The van der Waals surface area contributed by atoms with Crippen molar-refractivity contribution in [3.05, 3.63) is 17.5 Å². The minimum Gasteiger partial charge on any atom is -0.378 e. The molecule has 0 saturated carbocycles. The smallest absolute Gasteiger partial charge is 0.220 e. The molecule has 20 heavy (non-hydrogen) atoms. The van der Waals surface area contributed by atoms with Gasteiger partial charge in [0.25, 0.3) is 0 Å². The summed E-state index contributed by atoms with van der Waals surface area (Å²) in [7, 11) is 0. The molecule has 1 aromatic rings. The van der Waals surface area contributed by atoms with Crippen LogP contribution in [0.3, 0.4) is 0 Å². The zero-order valence-electron chi connectivity index (χ0n) is 12.3. The van der Waals surface area contributed by atoms with Crippen molar-refractivity contribution in [2.24, 2.45) is 0 Å². The minimum atomic E-state index is 0.142. The quantitative estimate of drug-likeness (QED) is 0.751. The number of hydrogen-bond acceptors (Lipinski definition) is 3. The molecule has 0 bridgehead atoms. The SMILES string of the molecule is Cc1[nH]ncc1CCCNC(=O)CCC1CCCCO1. The van der Waals surface area contributed by atoms with E-state index in [2.05, 4.69) is 15.5 Å². The first-order chi connectivity index (χ1) is 9.75. The number of aromatic nitrogens is 2. The molecule has 1 saturated heterocycles. The lowest BCUT2D eigenvalue weighted by Crippen LogP contribution is -2.27. The molecule has 1 aliphatic rings. The summed E-state index contributed by atoms with van der Waals surface area (Å²) in [6, 6.07) is 0. The first kappa shape index (κ1) is 15.0. The predicted octanol–water partition coefficient (Wildman–Crippen LogP) is 2.12. The summed E-state index contributed by atoms with van der Waals surface area (Å²) in [5, 5.41) is 9.89. The van der Waals surface area contributed by atoms with E-state index in [0.29, 0.717) is 12.5 Å². The molecule has 2 heterocycles. The lowest BCUT2D eigenvalue weighted by molar-refractivity contribution is -0.122. The number of nitrogens with one attached hydrogen (secondary N) is 2. The Balaban J connectivity index is 1.52. The van der Waals surface area contributed by atoms with Crippen molar-refractivity contribution < 1.29 is 9.53 Å². The molecule has 0 aromatic carbocycles. The zero-order valence-corrected chi connectivity index (χ0v) is 12.3. The third-order valence-electron chi connectivity index (χ3n) is 3.85. The molecule has 1 fully saturated rings. The van der Waals surface area contributed by atoms with Gasteiger partial charge in [0.2, 0.25) is 5.91 Å². The molecule has 0 spiro atoms. The zero-order chi connectivity index (χ0) is 14.2. The van der Waals surface area contributed by atoms with Gasteiger partial charge in [0.15, 0.2) is 0 Å². The minimum absolute atomic E-state index is 0.142. The Morgan fingerprint density at radius 3 is 3.15 bits per heavy atom. The number of carbonyl (C=O) groups excluding carboxylic acids is 1. The lowest BCUT2D eigenvalue weighted by atomic mass is 10.0. The second-order valence-electron chi connectivity index (χ2n) is 5.50. The van der Waals surface area contributed by atoms with E-state index in [0.717, 1.165) is 50.9 Å². The number of ether oxygens (including phenoxy) is 1. The van der Waals surface area contributed by atoms with Crippen LogP contribution in [0.15, 0.2) is 6.20 Å². The van der Waals surface area contributed by atoms with E-state index < -0.39 is 0 Å². The molecule has 1 aliphatic heterocycles. The topological polar surface area (TPSA) is 67.0 Å². The van der Waals surface area contributed by atoms with Gasteiger partial charge in [0, 0.05) is 25.3 Å². The molecule has 5 nitrogen and oxygen atoms in total. The standard InChI is InChI=1S/C15H25N3O2/c1-12-13(11-17-18-12)5-4-9-16-15(19)8-7-14-6-2-3-10-20-14/h11,14H,2-10H2,1H3,(H,16,19)(H,17,18). The number of H-pyrrole nitrogens is 1. The van der Waals surface area contributed by atoms with E-state index in [1.54, 1.807) is 0 Å². The van der Waals surface area contributed by atoms with Crippen molar-refractivity contribution in [2.45, 2.75) is 58.0 Å². The van der Waals surface area contributed by atoms with Crippen LogP contribution >= 0.6 is 0 Å². The Morgan fingerprint density at radius 2 is 2.45 bits per heavy atom. The van der Waals surface area contributed by atoms with Crippen molar-refractivity contribution >= 4 is 5.91 Å². The van der Waals surface area contributed by atoms with Gasteiger partial charge in [-0.25, -0.2) is 0 Å². The molecule has 5 heteroatoms. The van der Waals surface area contributed by atoms with E-state index >= 15 is 0 Å². The average Bonchev–Trinajstić information content (AvgIpc) is 2.88. The fourth-order valence-electron chi connectivity index (χ4n) is 2.55. The van der Waals surface area contributed by atoms with Crippen molar-refractivity contribution in [1.29, 1.82) is 0 Å². The Kier molecular flexibility index (Phi) is 6.05. The Labute approximate surface area is 120 Å². The Morgan fingerprint density at radius 1 is 1.55 bits per heavy atom. The van der Waals surface area contributed by atoms with E-state index in [4.69, 9.17) is 4.74 Å². The number of aromatic amines is 1. The van der Waals surface area contributed by atoms with Crippen LogP contribution in [-0.2, 0) is 16.0 Å². The van der Waals surface area contributed by atoms with Crippen LogP contribution in [0.25, 0.3) is 0 Å². The number of carbonyl (C=O) groups is 1. The Bertz CT molecular complexity index is 411. The third kappa shape index (κ3) is 4.96. The Hall–Kier alpha value is -1.36. The first-order valence-corrected chi connectivity index (χ1v) is 7.63. The van der Waals surface area contributed by atoms with Crippen LogP contribution in [0.1, 0.15) is 49.8 Å². The molecule has 2 N–H and O–H groups in total. The molecular weight excluding hydrogens is 254 g/mol. The fourth-order valence-corrected chi connectivity index (χ4v) is 2.55. The van der Waals surface area contributed by atoms with Gasteiger partial charge in [-0.05, 0) is 51.0 Å². The van der Waals surface area contributed by atoms with E-state index in [-0.39, 0.29) is 5.91 Å². The summed E-state index contributed by atoms with van der Waals surface area (Å²) in [6.45, 7) is 3.61. The monoisotopic (exact) mass is 279 g/mol. The maximum Gasteiger partial charge on any atom is 0.220 e.